The monoisotopic (exact) mass is 775 g/mol. The van der Waals surface area contributed by atoms with E-state index in [1.54, 1.807) is 0 Å². The van der Waals surface area contributed by atoms with Crippen LogP contribution < -0.4 is 0 Å². The number of allylic oxidation sites excluding steroid dienone is 2. The van der Waals surface area contributed by atoms with Gasteiger partial charge in [0.15, 0.2) is 0 Å². The zero-order chi connectivity index (χ0) is 16.2. The molecule has 0 unspecified atom stereocenters. The molecule has 0 amide bonds. The summed E-state index contributed by atoms with van der Waals surface area (Å²) in [5.41, 5.74) is 0. The molecule has 0 N–H and O–H groups in total. The van der Waals surface area contributed by atoms with Crippen molar-refractivity contribution >= 4 is 0 Å². The molecular weight excluding hydrogens is 718 g/mol. The van der Waals surface area contributed by atoms with Gasteiger partial charge < -0.3 is 61.8 Å². The quantitative estimate of drug-likeness (QED) is 0.136. The van der Waals surface area contributed by atoms with Gasteiger partial charge >= 0.3 is 42.1 Å². The third kappa shape index (κ3) is 154. The van der Waals surface area contributed by atoms with Crippen molar-refractivity contribution in [2.24, 2.45) is 0 Å². The summed E-state index contributed by atoms with van der Waals surface area (Å²) < 4.78 is 0. The van der Waals surface area contributed by atoms with Crippen molar-refractivity contribution in [3.05, 3.63) is 103 Å². The van der Waals surface area contributed by atoms with Gasteiger partial charge in [-0.05, 0) is 53.9 Å². The fraction of sp³-hybridized carbons (Fsp3) is 0.400. The molecule has 2 nitrogen and oxygen atoms in total. The van der Waals surface area contributed by atoms with E-state index < -0.39 is 0 Å². The van der Waals surface area contributed by atoms with Gasteiger partial charge in [0.2, 0.25) is 0 Å². The Labute approximate surface area is 220 Å². The molecule has 0 aromatic heterocycles. The van der Waals surface area contributed by atoms with Gasteiger partial charge in [0, 0.05) is 13.1 Å². The number of unbranched alkanes of at least 4 members (excludes halogenated alkanes) is 1. The summed E-state index contributed by atoms with van der Waals surface area (Å²) in [6.45, 7) is 16.5. The van der Waals surface area contributed by atoms with Crippen LogP contribution in [0, 0.1) is 52.0 Å². The molecule has 4 heteroatoms. The Kier molecular flexibility index (Phi) is 215. The van der Waals surface area contributed by atoms with Gasteiger partial charge in [-0.1, -0.05) is 24.3 Å². The van der Waals surface area contributed by atoms with Crippen molar-refractivity contribution in [3.8, 4) is 0 Å². The maximum atomic E-state index is 3.61. The van der Waals surface area contributed by atoms with Crippen molar-refractivity contribution in [2.75, 3.05) is 41.3 Å². The summed E-state index contributed by atoms with van der Waals surface area (Å²) in [4.78, 5) is 4.28. The maximum Gasteiger partial charge on any atom is 4.00 e. The Morgan fingerprint density at radius 2 is 0.621 bits per heavy atom. The summed E-state index contributed by atoms with van der Waals surface area (Å²) in [6, 6.07) is 0. The van der Waals surface area contributed by atoms with E-state index in [0.29, 0.717) is 0 Å². The van der Waals surface area contributed by atoms with Gasteiger partial charge in [-0.25, -0.2) is 0 Å². The SMILES string of the molecule is C=CCCC=C.C=CCCN(C)C.C=CCCN(C)C.[CH3-].[CH3-].[CH3-].[CH3-].[CH3-].[CH3-].[CH3-].[Pt+4].[Pt+4]. The van der Waals surface area contributed by atoms with E-state index in [2.05, 4.69) is 64.3 Å². The van der Waals surface area contributed by atoms with E-state index in [1.807, 2.05) is 24.3 Å². The summed E-state index contributed by atoms with van der Waals surface area (Å²) >= 11 is 0. The molecule has 29 heavy (non-hydrogen) atoms. The molecule has 0 heterocycles. The Hall–Kier alpha value is 0.257. The minimum atomic E-state index is 0. The molecule has 0 radical (unpaired) electrons. The Bertz CT molecular complexity index is 205. The van der Waals surface area contributed by atoms with Crippen LogP contribution in [-0.4, -0.2) is 51.1 Å². The first-order valence-electron chi connectivity index (χ1n) is 7.19. The van der Waals surface area contributed by atoms with Crippen molar-refractivity contribution in [1.29, 1.82) is 0 Å². The molecule has 0 spiro atoms. The zero-order valence-electron chi connectivity index (χ0n) is 21.9. The molecule has 0 saturated carbocycles. The molecule has 0 aromatic rings. The van der Waals surface area contributed by atoms with Crippen LogP contribution in [0.2, 0.25) is 0 Å². The molecule has 0 rings (SSSR count). The fourth-order valence-electron chi connectivity index (χ4n) is 0.935. The second-order valence-electron chi connectivity index (χ2n) is 4.92. The molecule has 0 aromatic carbocycles. The third-order valence-corrected chi connectivity index (χ3v) is 2.14. The van der Waals surface area contributed by atoms with Crippen molar-refractivity contribution < 1.29 is 42.1 Å². The van der Waals surface area contributed by atoms with Crippen LogP contribution in [0.3, 0.4) is 0 Å². The van der Waals surface area contributed by atoms with Crippen LogP contribution in [0.1, 0.15) is 25.7 Å². The normalized spacial score (nSPS) is 6.14. The molecule has 0 aliphatic rings. The zero-order valence-corrected chi connectivity index (χ0v) is 26.5. The second kappa shape index (κ2) is 79.4. The Morgan fingerprint density at radius 1 is 0.448 bits per heavy atom. The second-order valence-corrected chi connectivity index (χ2v) is 4.92. The van der Waals surface area contributed by atoms with Gasteiger partial charge in [0.25, 0.3) is 0 Å². The smallest absolute Gasteiger partial charge is 0.358 e. The van der Waals surface area contributed by atoms with Crippen LogP contribution in [0.5, 0.6) is 0 Å². The topological polar surface area (TPSA) is 6.48 Å². The van der Waals surface area contributed by atoms with Gasteiger partial charge in [-0.3, -0.25) is 0 Å². The Balaban J connectivity index is -0.0000000130. The van der Waals surface area contributed by atoms with Crippen molar-refractivity contribution in [3.63, 3.8) is 0 Å². The molecule has 0 atom stereocenters. The molecule has 0 fully saturated rings. The van der Waals surface area contributed by atoms with E-state index in [9.17, 15) is 0 Å². The first kappa shape index (κ1) is 78.4. The molecule has 186 valence electrons. The number of nitrogens with zero attached hydrogens (tertiary/aromatic N) is 2. The standard InChI is InChI=1S/2C6H13N.C6H10.7CH3.2Pt/c2*1-4-5-6-7(2)3;1-3-5-6-4-2;;;;;;;;;/h2*4H,1,5-6H2,2-3H3;3-4H,1-2,5-6H2;7*1H3;;/q;;;7*-1;2*+4. The predicted molar refractivity (Wildman–Crippen MR) is 141 cm³/mol. The number of hydrogen-bond acceptors (Lipinski definition) is 2. The fourth-order valence-corrected chi connectivity index (χ4v) is 0.935. The van der Waals surface area contributed by atoms with E-state index >= 15 is 0 Å². The first-order valence-corrected chi connectivity index (χ1v) is 7.19. The van der Waals surface area contributed by atoms with Gasteiger partial charge in [-0.15, -0.1) is 26.3 Å². The van der Waals surface area contributed by atoms with Crippen LogP contribution in [0.4, 0.5) is 0 Å². The summed E-state index contributed by atoms with van der Waals surface area (Å²) in [7, 11) is 8.24. The van der Waals surface area contributed by atoms with E-state index in [4.69, 9.17) is 0 Å². The van der Waals surface area contributed by atoms with E-state index in [1.165, 1.54) is 0 Å². The minimum absolute atomic E-state index is 0. The first-order chi connectivity index (χ1) is 9.45. The largest absolute Gasteiger partial charge is 4.00 e. The number of hydrogen-bond donors (Lipinski definition) is 0. The third-order valence-electron chi connectivity index (χ3n) is 2.14. The molecule has 0 aliphatic carbocycles. The summed E-state index contributed by atoms with van der Waals surface area (Å²) in [6.07, 6.45) is 11.9. The van der Waals surface area contributed by atoms with Crippen molar-refractivity contribution in [1.82, 2.24) is 9.80 Å². The van der Waals surface area contributed by atoms with Crippen LogP contribution in [0.15, 0.2) is 50.6 Å². The average Bonchev–Trinajstić information content (AvgIpc) is 2.41. The van der Waals surface area contributed by atoms with Gasteiger partial charge in [-0.2, -0.15) is 0 Å². The van der Waals surface area contributed by atoms with E-state index in [-0.39, 0.29) is 94.1 Å². The minimum Gasteiger partial charge on any atom is -0.358 e. The van der Waals surface area contributed by atoms with Crippen molar-refractivity contribution in [2.45, 2.75) is 25.7 Å². The summed E-state index contributed by atoms with van der Waals surface area (Å²) in [5.74, 6) is 0. The predicted octanol–water partition coefficient (Wildman–Crippen LogP) is 7.53. The molecule has 0 aliphatic heterocycles. The Morgan fingerprint density at radius 3 is 0.690 bits per heavy atom. The van der Waals surface area contributed by atoms with Gasteiger partial charge in [0.05, 0.1) is 0 Å². The molecule has 0 bridgehead atoms. The van der Waals surface area contributed by atoms with Crippen LogP contribution in [-0.2, 0) is 42.1 Å². The van der Waals surface area contributed by atoms with Crippen LogP contribution >= 0.6 is 0 Å². The van der Waals surface area contributed by atoms with Gasteiger partial charge in [0.1, 0.15) is 0 Å². The molecule has 0 saturated heterocycles. The summed E-state index contributed by atoms with van der Waals surface area (Å²) in [5, 5.41) is 0. The maximum absolute atomic E-state index is 3.61. The van der Waals surface area contributed by atoms with Crippen LogP contribution in [0.25, 0.3) is 0 Å². The number of rotatable bonds is 9. The average molecular weight is 776 g/mol. The molecular formula is C25H57N2Pt2+. The van der Waals surface area contributed by atoms with E-state index in [0.717, 1.165) is 38.8 Å².